The van der Waals surface area contributed by atoms with Crippen molar-refractivity contribution in [2.45, 2.75) is 45.2 Å². The van der Waals surface area contributed by atoms with Crippen molar-refractivity contribution in [3.63, 3.8) is 0 Å². The van der Waals surface area contributed by atoms with E-state index in [0.29, 0.717) is 57.3 Å². The Morgan fingerprint density at radius 2 is 1.32 bits per heavy atom. The number of primary amides is 1. The minimum absolute atomic E-state index is 0.00357. The van der Waals surface area contributed by atoms with E-state index in [2.05, 4.69) is 47.8 Å². The molecule has 1 aromatic carbocycles. The number of nitrogens with two attached hydrogens (primary N) is 1. The molecule has 2 atom stereocenters. The zero-order valence-corrected chi connectivity index (χ0v) is 32.2. The first-order valence-corrected chi connectivity index (χ1v) is 18.4. The second-order valence-electron chi connectivity index (χ2n) is 11.9. The van der Waals surface area contributed by atoms with Crippen LogP contribution >= 0.6 is 15.9 Å². The third kappa shape index (κ3) is 23.2. The van der Waals surface area contributed by atoms with Crippen LogP contribution < -0.4 is 37.6 Å². The Morgan fingerprint density at radius 1 is 0.736 bits per heavy atom. The molecule has 20 heteroatoms. The zero-order valence-electron chi connectivity index (χ0n) is 30.6. The first-order valence-electron chi connectivity index (χ1n) is 17.3. The van der Waals surface area contributed by atoms with Gasteiger partial charge >= 0.3 is 6.03 Å². The van der Waals surface area contributed by atoms with E-state index in [0.717, 1.165) is 0 Å². The van der Waals surface area contributed by atoms with Crippen molar-refractivity contribution < 1.29 is 52.5 Å². The highest BCUT2D eigenvalue weighted by Gasteiger charge is 2.28. The molecule has 0 aliphatic heterocycles. The summed E-state index contributed by atoms with van der Waals surface area (Å²) in [7, 11) is 1.32. The average Bonchev–Trinajstić information content (AvgIpc) is 3.12. The number of nitrogens with one attached hydrogen (secondary N) is 6. The Morgan fingerprint density at radius 3 is 1.87 bits per heavy atom. The Labute approximate surface area is 319 Å². The van der Waals surface area contributed by atoms with Crippen molar-refractivity contribution in [3.8, 4) is 0 Å². The fourth-order valence-corrected chi connectivity index (χ4v) is 4.47. The molecule has 1 unspecified atom stereocenters. The molecule has 296 valence electrons. The average molecular weight is 815 g/mol. The van der Waals surface area contributed by atoms with E-state index in [4.69, 9.17) is 24.7 Å². The highest BCUT2D eigenvalue weighted by atomic mass is 79.9. The van der Waals surface area contributed by atoms with Crippen molar-refractivity contribution >= 4 is 70.7 Å². The molecule has 0 saturated heterocycles. The molecule has 18 nitrogen and oxygen atoms in total. The molecule has 1 aromatic rings. The van der Waals surface area contributed by atoms with Crippen LogP contribution in [0.15, 0.2) is 24.3 Å². The fourth-order valence-electron chi connectivity index (χ4n) is 4.33. The van der Waals surface area contributed by atoms with Crippen molar-refractivity contribution in [2.75, 3.05) is 83.1 Å². The lowest BCUT2D eigenvalue weighted by Crippen LogP contribution is -2.55. The number of anilines is 1. The van der Waals surface area contributed by atoms with Gasteiger partial charge in [0.1, 0.15) is 17.8 Å². The molecule has 0 heterocycles. The normalized spacial score (nSPS) is 11.9. The molecule has 0 bridgehead atoms. The van der Waals surface area contributed by atoms with Crippen LogP contribution in [0.3, 0.4) is 0 Å². The van der Waals surface area contributed by atoms with Gasteiger partial charge in [-0.15, -0.1) is 0 Å². The van der Waals surface area contributed by atoms with Gasteiger partial charge in [-0.3, -0.25) is 24.0 Å². The zero-order chi connectivity index (χ0) is 39.4. The molecule has 0 fully saturated rings. The number of ether oxygens (including phenoxy) is 4. The highest BCUT2D eigenvalue weighted by molar-refractivity contribution is 9.09. The maximum atomic E-state index is 13.1. The van der Waals surface area contributed by atoms with Crippen LogP contribution in [0.25, 0.3) is 0 Å². The number of alkyl halides is 1. The summed E-state index contributed by atoms with van der Waals surface area (Å²) in [6.07, 6.45) is 0.485. The van der Waals surface area contributed by atoms with Crippen LogP contribution in [0, 0.1) is 5.92 Å². The lowest BCUT2D eigenvalue weighted by Gasteiger charge is -2.25. The van der Waals surface area contributed by atoms with Crippen LogP contribution in [0.5, 0.6) is 0 Å². The minimum atomic E-state index is -0.998. The van der Waals surface area contributed by atoms with Crippen LogP contribution in [0.1, 0.15) is 43.5 Å². The van der Waals surface area contributed by atoms with Crippen molar-refractivity contribution in [3.05, 3.63) is 29.8 Å². The Hall–Kier alpha value is -4.11. The first kappa shape index (κ1) is 46.9. The van der Waals surface area contributed by atoms with Gasteiger partial charge in [0, 0.05) is 30.8 Å². The van der Waals surface area contributed by atoms with Crippen molar-refractivity contribution in [1.29, 1.82) is 0 Å². The van der Waals surface area contributed by atoms with E-state index >= 15 is 0 Å². The van der Waals surface area contributed by atoms with Gasteiger partial charge in [-0.1, -0.05) is 29.8 Å². The first-order chi connectivity index (χ1) is 25.3. The summed E-state index contributed by atoms with van der Waals surface area (Å²) in [6.45, 7) is 6.12. The number of amides is 7. The summed E-state index contributed by atoms with van der Waals surface area (Å²) in [6, 6.07) is 3.90. The number of hydrogen-bond donors (Lipinski definition) is 7. The molecule has 53 heavy (non-hydrogen) atoms. The molecule has 7 amide bonds. The predicted molar refractivity (Wildman–Crippen MR) is 201 cm³/mol. The smallest absolute Gasteiger partial charge is 0.312 e. The lowest BCUT2D eigenvalue weighted by atomic mass is 10.0. The molecule has 1 rings (SSSR count). The summed E-state index contributed by atoms with van der Waals surface area (Å²) in [5, 5.41) is 15.8. The Balaban J connectivity index is 2.18. The SMILES string of the molecule is BC(=O)CNC(=O)[C@H](CCCNC(N)=O)NC(=O)C(NC(=O)CCOCCOCCOCCOCCNC(=O)c1ccc(NC(=O)CBr)cc1)C(C)C. The van der Waals surface area contributed by atoms with Gasteiger partial charge < -0.3 is 61.4 Å². The van der Waals surface area contributed by atoms with Crippen LogP contribution in [-0.2, 0) is 42.9 Å². The van der Waals surface area contributed by atoms with Gasteiger partial charge in [0.15, 0.2) is 7.85 Å². The van der Waals surface area contributed by atoms with E-state index in [-0.39, 0.29) is 74.5 Å². The number of carbonyl (C=O) groups is 7. The van der Waals surface area contributed by atoms with Gasteiger partial charge in [-0.2, -0.15) is 0 Å². The maximum absolute atomic E-state index is 13.1. The summed E-state index contributed by atoms with van der Waals surface area (Å²) < 4.78 is 21.8. The Bertz CT molecular complexity index is 1310. The highest BCUT2D eigenvalue weighted by Crippen LogP contribution is 2.10. The second kappa shape index (κ2) is 28.4. The molecule has 8 N–H and O–H groups in total. The van der Waals surface area contributed by atoms with E-state index in [1.807, 2.05) is 0 Å². The van der Waals surface area contributed by atoms with Gasteiger partial charge in [-0.05, 0) is 43.0 Å². The molecule has 0 saturated carbocycles. The van der Waals surface area contributed by atoms with Crippen molar-refractivity contribution in [1.82, 2.24) is 26.6 Å². The summed E-state index contributed by atoms with van der Waals surface area (Å²) in [4.78, 5) is 84.1. The molecule has 0 radical (unpaired) electrons. The van der Waals surface area contributed by atoms with Gasteiger partial charge in [0.25, 0.3) is 5.91 Å². The minimum Gasteiger partial charge on any atom is -0.379 e. The number of carbonyl (C=O) groups excluding carboxylic acids is 7. The second-order valence-corrected chi connectivity index (χ2v) is 12.5. The van der Waals surface area contributed by atoms with E-state index in [9.17, 15) is 33.6 Å². The quantitative estimate of drug-likeness (QED) is 0.0280. The van der Waals surface area contributed by atoms with E-state index in [1.165, 1.54) is 7.85 Å². The molecular formula is C33H53BBrN7O11. The summed E-state index contributed by atoms with van der Waals surface area (Å²) in [5.41, 5.74) is 5.87. The monoisotopic (exact) mass is 813 g/mol. The molecule has 0 aromatic heterocycles. The number of benzene rings is 1. The Kier molecular flexibility index (Phi) is 25.1. The molecule has 0 aliphatic carbocycles. The van der Waals surface area contributed by atoms with Gasteiger partial charge in [0.2, 0.25) is 23.6 Å². The van der Waals surface area contributed by atoms with E-state index < -0.39 is 35.8 Å². The van der Waals surface area contributed by atoms with Crippen LogP contribution in [-0.4, -0.2) is 139 Å². The summed E-state index contributed by atoms with van der Waals surface area (Å²) >= 11 is 3.07. The maximum Gasteiger partial charge on any atom is 0.312 e. The van der Waals surface area contributed by atoms with Gasteiger partial charge in [-0.25, -0.2) is 4.79 Å². The lowest BCUT2D eigenvalue weighted by molar-refractivity contribution is -0.133. The molecule has 0 spiro atoms. The van der Waals surface area contributed by atoms with Crippen LogP contribution in [0.4, 0.5) is 10.5 Å². The predicted octanol–water partition coefficient (Wildman–Crippen LogP) is -1.44. The van der Waals surface area contributed by atoms with E-state index in [1.54, 1.807) is 38.1 Å². The van der Waals surface area contributed by atoms with Crippen LogP contribution in [0.2, 0.25) is 0 Å². The number of halogens is 1. The third-order valence-corrected chi connectivity index (χ3v) is 7.56. The standard InChI is InChI=1S/C33H53BBrN7O11/c1-22(2)29(32(48)41-25(4-3-10-38-33(36)49)31(47)39-21-26(34)43)42-27(44)9-12-50-14-16-52-18-19-53-17-15-51-13-11-37-30(46)23-5-7-24(8-6-23)40-28(45)20-35/h5-8,22,25,29H,3-4,9-21,34H2,1-2H3,(H,37,46)(H,39,47)(H,40,45)(H,41,48)(H,42,44)(H3,36,38,49)/t25-,29?/m0/s1. The number of hydrogen-bond acceptors (Lipinski definition) is 11. The van der Waals surface area contributed by atoms with Gasteiger partial charge in [0.05, 0.1) is 64.7 Å². The topological polar surface area (TPSA) is 255 Å². The molecule has 0 aliphatic rings. The fraction of sp³-hybridized carbons (Fsp3) is 0.606. The number of rotatable bonds is 29. The number of urea groups is 1. The largest absolute Gasteiger partial charge is 0.379 e. The molecular weight excluding hydrogens is 761 g/mol. The third-order valence-electron chi connectivity index (χ3n) is 7.05. The summed E-state index contributed by atoms with van der Waals surface area (Å²) in [5.74, 6) is -2.27. The van der Waals surface area contributed by atoms with Crippen molar-refractivity contribution in [2.24, 2.45) is 11.7 Å².